The number of nitrogens with zero attached hydrogens (tertiary/aromatic N) is 4. The highest BCUT2D eigenvalue weighted by Gasteiger charge is 2.28. The second kappa shape index (κ2) is 8.99. The van der Waals surface area contributed by atoms with Crippen LogP contribution in [-0.4, -0.2) is 50.7 Å². The summed E-state index contributed by atoms with van der Waals surface area (Å²) in [5, 5.41) is 14.5. The number of halogens is 1. The first-order valence-electron chi connectivity index (χ1n) is 10.7. The smallest absolute Gasteiger partial charge is 0.293 e. The molecule has 2 aromatic heterocycles. The van der Waals surface area contributed by atoms with Crippen LogP contribution in [0.15, 0.2) is 35.3 Å². The second-order valence-corrected chi connectivity index (χ2v) is 9.02. The van der Waals surface area contributed by atoms with Crippen LogP contribution in [-0.2, 0) is 11.8 Å². The lowest BCUT2D eigenvalue weighted by atomic mass is 9.94. The second-order valence-electron chi connectivity index (χ2n) is 8.61. The molecule has 0 amide bonds. The molecule has 33 heavy (non-hydrogen) atoms. The molecule has 0 aliphatic carbocycles. The Morgan fingerprint density at radius 2 is 2.03 bits per heavy atom. The van der Waals surface area contributed by atoms with E-state index in [-0.39, 0.29) is 23.7 Å². The number of nitrogens with one attached hydrogen (secondary N) is 1. The number of aryl methyl sites for hydroxylation is 1. The van der Waals surface area contributed by atoms with Crippen LogP contribution in [0, 0.1) is 0 Å². The average molecular weight is 472 g/mol. The molecule has 3 aromatic rings. The van der Waals surface area contributed by atoms with Crippen molar-refractivity contribution >= 4 is 45.7 Å². The molecule has 4 rings (SSSR count). The molecule has 2 N–H and O–H groups in total. The topological polar surface area (TPSA) is 110 Å². The number of fused-ring (bicyclic) bond motifs is 1. The monoisotopic (exact) mass is 471 g/mol. The Bertz CT molecular complexity index is 1260. The number of Topliss-reactive ketones (excluding diaryl/α,β-unsaturated/α-hetero) is 1. The lowest BCUT2D eigenvalue weighted by Crippen LogP contribution is -2.43. The zero-order chi connectivity index (χ0) is 23.8. The third-order valence-electron chi connectivity index (χ3n) is 5.74. The van der Waals surface area contributed by atoms with E-state index < -0.39 is 5.60 Å². The number of aromatic nitrogens is 3. The molecule has 9 nitrogen and oxygen atoms in total. The Morgan fingerprint density at radius 3 is 2.73 bits per heavy atom. The van der Waals surface area contributed by atoms with Crippen LogP contribution in [0.3, 0.4) is 0 Å². The summed E-state index contributed by atoms with van der Waals surface area (Å²) in [5.74, 6) is 0.941. The zero-order valence-corrected chi connectivity index (χ0v) is 19.5. The zero-order valence-electron chi connectivity index (χ0n) is 18.8. The van der Waals surface area contributed by atoms with Gasteiger partial charge in [0, 0.05) is 31.2 Å². The standard InChI is InChI=1S/C23H26ClN5O4/c1-14(30)13-33-19-11-15-10-16(4-5-18(15)28(3)21(19)31)26-20-17(24)12-25-22(27-20)29-8-6-23(2,32)7-9-29/h4-5,10-12,32H,6-9,13H2,1-3H3,(H,25,26,27). The number of aliphatic hydroxyl groups is 1. The van der Waals surface area contributed by atoms with Crippen molar-refractivity contribution in [2.75, 3.05) is 29.9 Å². The van der Waals surface area contributed by atoms with Crippen molar-refractivity contribution in [3.8, 4) is 5.75 Å². The van der Waals surface area contributed by atoms with Crippen molar-refractivity contribution in [2.45, 2.75) is 32.3 Å². The molecule has 0 saturated carbocycles. The van der Waals surface area contributed by atoms with Crippen LogP contribution in [0.5, 0.6) is 5.75 Å². The number of hydrogen-bond acceptors (Lipinski definition) is 8. The van der Waals surface area contributed by atoms with E-state index in [0.717, 1.165) is 10.9 Å². The summed E-state index contributed by atoms with van der Waals surface area (Å²) >= 11 is 6.35. The predicted octanol–water partition coefficient (Wildman–Crippen LogP) is 3.04. The highest BCUT2D eigenvalue weighted by Crippen LogP contribution is 2.29. The van der Waals surface area contributed by atoms with E-state index in [1.165, 1.54) is 11.5 Å². The fourth-order valence-corrected chi connectivity index (χ4v) is 3.88. The van der Waals surface area contributed by atoms with Gasteiger partial charge in [0.1, 0.15) is 11.6 Å². The minimum Gasteiger partial charge on any atom is -0.480 e. The van der Waals surface area contributed by atoms with Crippen molar-refractivity contribution in [3.63, 3.8) is 0 Å². The number of piperidine rings is 1. The fourth-order valence-electron chi connectivity index (χ4n) is 3.74. The van der Waals surface area contributed by atoms with Gasteiger partial charge in [0.15, 0.2) is 17.4 Å². The minimum absolute atomic E-state index is 0.112. The maximum Gasteiger partial charge on any atom is 0.293 e. The van der Waals surface area contributed by atoms with E-state index in [0.29, 0.717) is 48.4 Å². The third-order valence-corrected chi connectivity index (χ3v) is 6.02. The number of ether oxygens (including phenoxy) is 1. The van der Waals surface area contributed by atoms with E-state index in [2.05, 4.69) is 15.3 Å². The molecular formula is C23H26ClN5O4. The van der Waals surface area contributed by atoms with Gasteiger partial charge in [-0.3, -0.25) is 9.59 Å². The van der Waals surface area contributed by atoms with Crippen molar-refractivity contribution in [2.24, 2.45) is 7.05 Å². The average Bonchev–Trinajstić information content (AvgIpc) is 2.77. The lowest BCUT2D eigenvalue weighted by molar-refractivity contribution is -0.118. The summed E-state index contributed by atoms with van der Waals surface area (Å²) in [6.45, 7) is 4.39. The number of pyridine rings is 1. The van der Waals surface area contributed by atoms with Crippen LogP contribution >= 0.6 is 11.6 Å². The summed E-state index contributed by atoms with van der Waals surface area (Å²) in [6.07, 6.45) is 2.83. The molecule has 3 heterocycles. The van der Waals surface area contributed by atoms with Gasteiger partial charge in [-0.25, -0.2) is 4.98 Å². The van der Waals surface area contributed by atoms with E-state index in [1.807, 2.05) is 30.0 Å². The quantitative estimate of drug-likeness (QED) is 0.564. The molecule has 0 spiro atoms. The first-order chi connectivity index (χ1) is 15.6. The van der Waals surface area contributed by atoms with Gasteiger partial charge >= 0.3 is 0 Å². The predicted molar refractivity (Wildman–Crippen MR) is 128 cm³/mol. The van der Waals surface area contributed by atoms with Gasteiger partial charge < -0.3 is 24.6 Å². The van der Waals surface area contributed by atoms with Crippen LogP contribution in [0.1, 0.15) is 26.7 Å². The Kier molecular flexibility index (Phi) is 6.27. The van der Waals surface area contributed by atoms with Gasteiger partial charge in [-0.15, -0.1) is 0 Å². The van der Waals surface area contributed by atoms with Crippen LogP contribution in [0.4, 0.5) is 17.5 Å². The number of rotatable bonds is 6. The van der Waals surface area contributed by atoms with Crippen LogP contribution < -0.4 is 20.5 Å². The lowest BCUT2D eigenvalue weighted by Gasteiger charge is -2.35. The molecular weight excluding hydrogens is 446 g/mol. The SMILES string of the molecule is CC(=O)COc1cc2cc(Nc3nc(N4CCC(C)(O)CC4)ncc3Cl)ccc2n(C)c1=O. The highest BCUT2D eigenvalue weighted by molar-refractivity contribution is 6.32. The van der Waals surface area contributed by atoms with E-state index >= 15 is 0 Å². The molecule has 0 unspecified atom stereocenters. The summed E-state index contributed by atoms with van der Waals surface area (Å²) in [4.78, 5) is 34.7. The summed E-state index contributed by atoms with van der Waals surface area (Å²) < 4.78 is 6.88. The number of carbonyl (C=O) groups excluding carboxylic acids is 1. The number of carbonyl (C=O) groups is 1. The van der Waals surface area contributed by atoms with Crippen LogP contribution in [0.25, 0.3) is 10.9 Å². The molecule has 0 bridgehead atoms. The number of hydrogen-bond donors (Lipinski definition) is 2. The molecule has 1 aliphatic heterocycles. The van der Waals surface area contributed by atoms with Gasteiger partial charge in [-0.1, -0.05) is 11.6 Å². The van der Waals surface area contributed by atoms with Crippen molar-refractivity contribution < 1.29 is 14.6 Å². The molecule has 1 aliphatic rings. The molecule has 0 atom stereocenters. The van der Waals surface area contributed by atoms with Crippen LogP contribution in [0.2, 0.25) is 5.02 Å². The fraction of sp³-hybridized carbons (Fsp3) is 0.391. The Balaban J connectivity index is 1.61. The van der Waals surface area contributed by atoms with Gasteiger partial charge in [0.25, 0.3) is 5.56 Å². The Labute approximate surface area is 196 Å². The maximum atomic E-state index is 12.5. The maximum absolute atomic E-state index is 12.5. The molecule has 1 saturated heterocycles. The normalized spacial score (nSPS) is 15.5. The minimum atomic E-state index is -0.665. The van der Waals surface area contributed by atoms with E-state index in [4.69, 9.17) is 16.3 Å². The third kappa shape index (κ3) is 5.09. The molecule has 10 heteroatoms. The first kappa shape index (κ1) is 23.0. The first-order valence-corrected chi connectivity index (χ1v) is 11.0. The van der Waals surface area contributed by atoms with Crippen molar-refractivity contribution in [3.05, 3.63) is 45.8 Å². The molecule has 1 aromatic carbocycles. The summed E-state index contributed by atoms with van der Waals surface area (Å²) in [7, 11) is 1.65. The Hall–Kier alpha value is -3.17. The molecule has 174 valence electrons. The van der Waals surface area contributed by atoms with Crippen molar-refractivity contribution in [1.82, 2.24) is 14.5 Å². The summed E-state index contributed by atoms with van der Waals surface area (Å²) in [6, 6.07) is 7.12. The van der Waals surface area contributed by atoms with E-state index in [9.17, 15) is 14.7 Å². The van der Waals surface area contributed by atoms with Crippen molar-refractivity contribution in [1.29, 1.82) is 0 Å². The van der Waals surface area contributed by atoms with Gasteiger partial charge in [-0.2, -0.15) is 4.98 Å². The molecule has 1 fully saturated rings. The van der Waals surface area contributed by atoms with Gasteiger partial charge in [0.05, 0.1) is 17.3 Å². The summed E-state index contributed by atoms with van der Waals surface area (Å²) in [5.41, 5.74) is 0.457. The van der Waals surface area contributed by atoms with Gasteiger partial charge in [-0.05, 0) is 51.0 Å². The number of anilines is 3. The Morgan fingerprint density at radius 1 is 1.30 bits per heavy atom. The van der Waals surface area contributed by atoms with Gasteiger partial charge in [0.2, 0.25) is 5.95 Å². The van der Waals surface area contributed by atoms with E-state index in [1.54, 1.807) is 19.3 Å². The number of benzene rings is 1. The molecule has 0 radical (unpaired) electrons. The number of ketones is 1. The largest absolute Gasteiger partial charge is 0.480 e. The highest BCUT2D eigenvalue weighted by atomic mass is 35.5.